The largest absolute Gasteiger partial charge is 0.486 e. The van der Waals surface area contributed by atoms with E-state index in [1.54, 1.807) is 34.9 Å². The van der Waals surface area contributed by atoms with Crippen molar-refractivity contribution in [1.29, 1.82) is 0 Å². The molecule has 1 aliphatic rings. The number of ether oxygens (including phenoxy) is 3. The van der Waals surface area contributed by atoms with Crippen LogP contribution in [0.1, 0.15) is 27.6 Å². The van der Waals surface area contributed by atoms with Crippen LogP contribution in [0, 0.1) is 0 Å². The maximum absolute atomic E-state index is 12.7. The molecule has 0 atom stereocenters. The summed E-state index contributed by atoms with van der Waals surface area (Å²) in [6.45, 7) is 2.25. The molecule has 8 nitrogen and oxygen atoms in total. The monoisotopic (exact) mass is 426 g/mol. The Morgan fingerprint density at radius 1 is 1.07 bits per heavy atom. The Kier molecular flexibility index (Phi) is 5.37. The summed E-state index contributed by atoms with van der Waals surface area (Å²) in [6.07, 6.45) is 0. The average Bonchev–Trinajstić information content (AvgIpc) is 3.07. The summed E-state index contributed by atoms with van der Waals surface area (Å²) in [7, 11) is 1.30. The summed E-state index contributed by atoms with van der Waals surface area (Å²) in [5.74, 6) is 0.150. The van der Waals surface area contributed by atoms with E-state index in [0.29, 0.717) is 46.2 Å². The van der Waals surface area contributed by atoms with Gasteiger partial charge in [0.15, 0.2) is 22.1 Å². The number of amides is 1. The van der Waals surface area contributed by atoms with Crippen LogP contribution in [0.4, 0.5) is 0 Å². The van der Waals surface area contributed by atoms with Gasteiger partial charge in [0, 0.05) is 23.3 Å². The standard InChI is InChI=1S/C21H18N2O6S/c1-12(24)13-3-5-14(6-4-13)20(26)22-21-23(11-19(25)27-2)15-9-16-17(10-18(15)30-21)29-8-7-28-16/h3-6,9-10H,7-8,11H2,1-2H3. The number of thiazole rings is 1. The third-order valence-corrected chi connectivity index (χ3v) is 5.64. The molecule has 0 spiro atoms. The van der Waals surface area contributed by atoms with Crippen molar-refractivity contribution in [3.8, 4) is 11.5 Å². The van der Waals surface area contributed by atoms with Crippen LogP contribution < -0.4 is 14.3 Å². The predicted octanol–water partition coefficient (Wildman–Crippen LogP) is 2.59. The number of hydrogen-bond acceptors (Lipinski definition) is 7. The van der Waals surface area contributed by atoms with E-state index in [1.165, 1.54) is 25.4 Å². The van der Waals surface area contributed by atoms with Crippen LogP contribution in [0.15, 0.2) is 41.4 Å². The first-order chi connectivity index (χ1) is 14.5. The van der Waals surface area contributed by atoms with E-state index in [-0.39, 0.29) is 12.3 Å². The van der Waals surface area contributed by atoms with Crippen LogP contribution >= 0.6 is 11.3 Å². The molecule has 3 aromatic rings. The fraction of sp³-hybridized carbons (Fsp3) is 0.238. The first-order valence-corrected chi connectivity index (χ1v) is 9.98. The molecule has 1 aliphatic heterocycles. The zero-order valence-corrected chi connectivity index (χ0v) is 17.2. The lowest BCUT2D eigenvalue weighted by Crippen LogP contribution is -2.22. The number of rotatable bonds is 4. The van der Waals surface area contributed by atoms with Gasteiger partial charge in [0.25, 0.3) is 5.91 Å². The fourth-order valence-corrected chi connectivity index (χ4v) is 4.08. The zero-order valence-electron chi connectivity index (χ0n) is 16.3. The predicted molar refractivity (Wildman–Crippen MR) is 109 cm³/mol. The molecule has 1 aromatic heterocycles. The summed E-state index contributed by atoms with van der Waals surface area (Å²) in [4.78, 5) is 40.7. The molecule has 0 saturated carbocycles. The van der Waals surface area contributed by atoms with E-state index in [1.807, 2.05) is 6.07 Å². The topological polar surface area (TPSA) is 96.2 Å². The number of nitrogens with zero attached hydrogens (tertiary/aromatic N) is 2. The molecule has 0 N–H and O–H groups in total. The molecule has 0 unspecified atom stereocenters. The van der Waals surface area contributed by atoms with Gasteiger partial charge in [-0.15, -0.1) is 0 Å². The van der Waals surface area contributed by atoms with Crippen molar-refractivity contribution < 1.29 is 28.6 Å². The van der Waals surface area contributed by atoms with Crippen LogP contribution in [-0.4, -0.2) is 42.6 Å². The van der Waals surface area contributed by atoms with Crippen molar-refractivity contribution in [3.63, 3.8) is 0 Å². The number of carbonyl (C=O) groups is 3. The number of fused-ring (bicyclic) bond motifs is 2. The molecule has 0 bridgehead atoms. The summed E-state index contributed by atoms with van der Waals surface area (Å²) in [5, 5.41) is 0. The normalized spacial score (nSPS) is 13.3. The second kappa shape index (κ2) is 8.11. The van der Waals surface area contributed by atoms with Crippen LogP contribution in [0.25, 0.3) is 10.2 Å². The minimum absolute atomic E-state index is 0.0835. The van der Waals surface area contributed by atoms with Gasteiger partial charge in [-0.05, 0) is 19.1 Å². The Labute approximate surface area is 175 Å². The lowest BCUT2D eigenvalue weighted by molar-refractivity contribution is -0.141. The first kappa shape index (κ1) is 19.8. The van der Waals surface area contributed by atoms with E-state index in [9.17, 15) is 14.4 Å². The molecule has 154 valence electrons. The van der Waals surface area contributed by atoms with Crippen molar-refractivity contribution in [2.24, 2.45) is 4.99 Å². The number of esters is 1. The Bertz CT molecular complexity index is 1220. The molecule has 0 fully saturated rings. The molecular weight excluding hydrogens is 408 g/mol. The van der Waals surface area contributed by atoms with E-state index >= 15 is 0 Å². The van der Waals surface area contributed by atoms with Gasteiger partial charge in [-0.2, -0.15) is 4.99 Å². The summed E-state index contributed by atoms with van der Waals surface area (Å²) < 4.78 is 18.5. The van der Waals surface area contributed by atoms with Gasteiger partial charge in [-0.3, -0.25) is 14.4 Å². The van der Waals surface area contributed by atoms with Gasteiger partial charge in [0.2, 0.25) is 0 Å². The maximum Gasteiger partial charge on any atom is 0.325 e. The average molecular weight is 426 g/mol. The van der Waals surface area contributed by atoms with Crippen LogP contribution in [0.5, 0.6) is 11.5 Å². The molecule has 2 aromatic carbocycles. The van der Waals surface area contributed by atoms with Gasteiger partial charge in [-0.1, -0.05) is 23.5 Å². The lowest BCUT2D eigenvalue weighted by atomic mass is 10.1. The highest BCUT2D eigenvalue weighted by Gasteiger charge is 2.18. The Morgan fingerprint density at radius 2 is 1.70 bits per heavy atom. The van der Waals surface area contributed by atoms with E-state index in [4.69, 9.17) is 14.2 Å². The van der Waals surface area contributed by atoms with Crippen molar-refractivity contribution >= 4 is 39.2 Å². The van der Waals surface area contributed by atoms with Crippen molar-refractivity contribution in [2.75, 3.05) is 20.3 Å². The summed E-state index contributed by atoms with van der Waals surface area (Å²) in [6, 6.07) is 9.87. The number of benzene rings is 2. The number of Topliss-reactive ketones (excluding diaryl/α,β-unsaturated/α-hetero) is 1. The maximum atomic E-state index is 12.7. The van der Waals surface area contributed by atoms with Crippen LogP contribution in [0.3, 0.4) is 0 Å². The highest BCUT2D eigenvalue weighted by Crippen LogP contribution is 2.35. The Morgan fingerprint density at radius 3 is 2.33 bits per heavy atom. The first-order valence-electron chi connectivity index (χ1n) is 9.16. The van der Waals surface area contributed by atoms with Gasteiger partial charge >= 0.3 is 5.97 Å². The molecule has 4 rings (SSSR count). The van der Waals surface area contributed by atoms with Crippen LogP contribution in [-0.2, 0) is 16.1 Å². The molecule has 0 radical (unpaired) electrons. The molecule has 30 heavy (non-hydrogen) atoms. The smallest absolute Gasteiger partial charge is 0.325 e. The lowest BCUT2D eigenvalue weighted by Gasteiger charge is -2.18. The third-order valence-electron chi connectivity index (χ3n) is 4.60. The van der Waals surface area contributed by atoms with Crippen molar-refractivity contribution in [2.45, 2.75) is 13.5 Å². The van der Waals surface area contributed by atoms with Gasteiger partial charge in [-0.25, -0.2) is 0 Å². The molecule has 2 heterocycles. The van der Waals surface area contributed by atoms with Gasteiger partial charge in [0.05, 0.1) is 17.3 Å². The third kappa shape index (κ3) is 3.84. The second-order valence-corrected chi connectivity index (χ2v) is 7.57. The fourth-order valence-electron chi connectivity index (χ4n) is 3.04. The molecule has 9 heteroatoms. The van der Waals surface area contributed by atoms with E-state index in [0.717, 1.165) is 4.70 Å². The molecule has 0 aliphatic carbocycles. The van der Waals surface area contributed by atoms with Gasteiger partial charge in [0.1, 0.15) is 19.8 Å². The van der Waals surface area contributed by atoms with Crippen LogP contribution in [0.2, 0.25) is 0 Å². The number of methoxy groups -OCH3 is 1. The summed E-state index contributed by atoms with van der Waals surface area (Å²) >= 11 is 1.26. The zero-order chi connectivity index (χ0) is 21.3. The highest BCUT2D eigenvalue weighted by atomic mass is 32.1. The molecular formula is C21H18N2O6S. The van der Waals surface area contributed by atoms with E-state index < -0.39 is 11.9 Å². The van der Waals surface area contributed by atoms with Crippen molar-refractivity contribution in [3.05, 3.63) is 52.3 Å². The SMILES string of the molecule is COC(=O)Cn1c(=NC(=O)c2ccc(C(C)=O)cc2)sc2cc3c(cc21)OCCO3. The van der Waals surface area contributed by atoms with Gasteiger partial charge < -0.3 is 18.8 Å². The summed E-state index contributed by atoms with van der Waals surface area (Å²) in [5.41, 5.74) is 1.54. The number of carbonyl (C=O) groups excluding carboxylic acids is 3. The van der Waals surface area contributed by atoms with Crippen molar-refractivity contribution in [1.82, 2.24) is 4.57 Å². The molecule has 1 amide bonds. The number of hydrogen-bond donors (Lipinski definition) is 0. The quantitative estimate of drug-likeness (QED) is 0.470. The minimum atomic E-state index is -0.479. The van der Waals surface area contributed by atoms with E-state index in [2.05, 4.69) is 4.99 Å². The Balaban J connectivity index is 1.81. The number of aromatic nitrogens is 1. The Hall–Kier alpha value is -3.46. The number of ketones is 1. The minimum Gasteiger partial charge on any atom is -0.486 e. The molecule has 0 saturated heterocycles. The second-order valence-electron chi connectivity index (χ2n) is 6.56. The highest BCUT2D eigenvalue weighted by molar-refractivity contribution is 7.16.